The van der Waals surface area contributed by atoms with E-state index < -0.39 is 0 Å². The Balaban J connectivity index is 1.30. The van der Waals surface area contributed by atoms with E-state index >= 15 is 0 Å². The van der Waals surface area contributed by atoms with Crippen molar-refractivity contribution in [1.29, 1.82) is 0 Å². The highest BCUT2D eigenvalue weighted by molar-refractivity contribution is 5.90. The first-order chi connectivity index (χ1) is 14.2. The smallest absolute Gasteiger partial charge is 0.322 e. The van der Waals surface area contributed by atoms with Gasteiger partial charge in [0, 0.05) is 41.6 Å². The van der Waals surface area contributed by atoms with Crippen LogP contribution in [0.15, 0.2) is 53.3 Å². The molecule has 1 unspecified atom stereocenters. The predicted molar refractivity (Wildman–Crippen MR) is 108 cm³/mol. The second-order valence-electron chi connectivity index (χ2n) is 7.90. The fourth-order valence-corrected chi connectivity index (χ4v) is 4.62. The number of hydrogen-bond acceptors (Lipinski definition) is 5. The molecule has 3 aromatic rings. The molecule has 5 rings (SSSR count). The Hall–Kier alpha value is -3.22. The Morgan fingerprint density at radius 3 is 2.66 bits per heavy atom. The number of aryl methyl sites for hydroxylation is 1. The minimum atomic E-state index is -0.00757. The molecule has 0 radical (unpaired) electrons. The number of aromatic nitrogens is 3. The van der Waals surface area contributed by atoms with E-state index in [4.69, 9.17) is 4.52 Å². The Morgan fingerprint density at radius 2 is 1.93 bits per heavy atom. The number of anilines is 1. The summed E-state index contributed by atoms with van der Waals surface area (Å²) in [6.07, 6.45) is 7.20. The van der Waals surface area contributed by atoms with Crippen molar-refractivity contribution in [1.82, 2.24) is 20.0 Å². The fraction of sp³-hybridized carbons (Fsp3) is 0.364. The van der Waals surface area contributed by atoms with Crippen molar-refractivity contribution in [2.75, 3.05) is 5.32 Å². The van der Waals surface area contributed by atoms with E-state index in [2.05, 4.69) is 20.4 Å². The van der Waals surface area contributed by atoms with Gasteiger partial charge in [-0.3, -0.25) is 4.98 Å². The first-order valence-electron chi connectivity index (χ1n) is 10.1. The Labute approximate surface area is 169 Å². The van der Waals surface area contributed by atoms with Crippen LogP contribution in [-0.2, 0) is 0 Å². The van der Waals surface area contributed by atoms with E-state index in [1.54, 1.807) is 12.4 Å². The van der Waals surface area contributed by atoms with Gasteiger partial charge in [0.25, 0.3) is 0 Å². The van der Waals surface area contributed by atoms with Crippen molar-refractivity contribution < 1.29 is 9.32 Å². The highest BCUT2D eigenvalue weighted by Crippen LogP contribution is 2.43. The van der Waals surface area contributed by atoms with Crippen molar-refractivity contribution in [2.45, 2.75) is 50.6 Å². The maximum absolute atomic E-state index is 13.0. The molecule has 0 aliphatic carbocycles. The van der Waals surface area contributed by atoms with Gasteiger partial charge in [-0.2, -0.15) is 4.98 Å². The summed E-state index contributed by atoms with van der Waals surface area (Å²) in [6.45, 7) is 2.01. The Kier molecular flexibility index (Phi) is 4.50. The van der Waals surface area contributed by atoms with Crippen LogP contribution in [-0.4, -0.2) is 38.1 Å². The third-order valence-corrected chi connectivity index (χ3v) is 6.06. The van der Waals surface area contributed by atoms with Crippen LogP contribution < -0.4 is 5.32 Å². The lowest BCUT2D eigenvalue weighted by atomic mass is 9.91. The van der Waals surface area contributed by atoms with Crippen LogP contribution in [0.25, 0.3) is 11.4 Å². The number of para-hydroxylation sites is 1. The largest absolute Gasteiger partial charge is 0.339 e. The maximum atomic E-state index is 13.0. The average molecular weight is 389 g/mol. The van der Waals surface area contributed by atoms with Crippen LogP contribution in [0.4, 0.5) is 10.5 Å². The van der Waals surface area contributed by atoms with Gasteiger partial charge < -0.3 is 14.7 Å². The molecule has 2 aromatic heterocycles. The summed E-state index contributed by atoms with van der Waals surface area (Å²) in [5, 5.41) is 7.22. The molecule has 29 heavy (non-hydrogen) atoms. The summed E-state index contributed by atoms with van der Waals surface area (Å²) in [6, 6.07) is 12.1. The number of benzene rings is 1. The molecule has 7 heteroatoms. The molecular weight excluding hydrogens is 366 g/mol. The van der Waals surface area contributed by atoms with Gasteiger partial charge in [0.1, 0.15) is 0 Å². The molecule has 2 amide bonds. The van der Waals surface area contributed by atoms with Gasteiger partial charge in [-0.25, -0.2) is 4.79 Å². The minimum absolute atomic E-state index is 0.00757. The number of hydrogen-bond donors (Lipinski definition) is 1. The molecular formula is C22H23N5O2. The fourth-order valence-electron chi connectivity index (χ4n) is 4.62. The molecule has 0 saturated carbocycles. The maximum Gasteiger partial charge on any atom is 0.322 e. The number of rotatable bonds is 3. The molecule has 1 N–H and O–H groups in total. The molecule has 148 valence electrons. The van der Waals surface area contributed by atoms with Gasteiger partial charge in [-0.1, -0.05) is 23.4 Å². The first kappa shape index (κ1) is 17.8. The second-order valence-corrected chi connectivity index (χ2v) is 7.90. The van der Waals surface area contributed by atoms with Crippen LogP contribution >= 0.6 is 0 Å². The average Bonchev–Trinajstić information content (AvgIpc) is 3.33. The van der Waals surface area contributed by atoms with Gasteiger partial charge in [-0.05, 0) is 56.4 Å². The zero-order chi connectivity index (χ0) is 19.8. The Bertz CT molecular complexity index is 1000. The number of nitrogens with zero attached hydrogens (tertiary/aromatic N) is 4. The quantitative estimate of drug-likeness (QED) is 0.718. The van der Waals surface area contributed by atoms with Crippen molar-refractivity contribution in [2.24, 2.45) is 0 Å². The topological polar surface area (TPSA) is 84.2 Å². The van der Waals surface area contributed by atoms with Gasteiger partial charge in [0.2, 0.25) is 11.7 Å². The monoisotopic (exact) mass is 389 g/mol. The van der Waals surface area contributed by atoms with Crippen molar-refractivity contribution in [3.05, 3.63) is 60.2 Å². The van der Waals surface area contributed by atoms with Gasteiger partial charge in [0.15, 0.2) is 0 Å². The van der Waals surface area contributed by atoms with Crippen LogP contribution in [0.3, 0.4) is 0 Å². The van der Waals surface area contributed by atoms with Crippen LogP contribution in [0.5, 0.6) is 0 Å². The number of nitrogens with one attached hydrogen (secondary N) is 1. The normalized spacial score (nSPS) is 23.2. The predicted octanol–water partition coefficient (Wildman–Crippen LogP) is 4.38. The summed E-state index contributed by atoms with van der Waals surface area (Å²) in [5.41, 5.74) is 2.79. The number of urea groups is 1. The van der Waals surface area contributed by atoms with Crippen LogP contribution in [0, 0.1) is 6.92 Å². The zero-order valence-electron chi connectivity index (χ0n) is 16.3. The van der Waals surface area contributed by atoms with Gasteiger partial charge >= 0.3 is 6.03 Å². The van der Waals surface area contributed by atoms with E-state index in [1.165, 1.54) is 0 Å². The van der Waals surface area contributed by atoms with E-state index in [-0.39, 0.29) is 24.0 Å². The summed E-state index contributed by atoms with van der Waals surface area (Å²) < 4.78 is 5.58. The first-order valence-corrected chi connectivity index (χ1v) is 10.1. The SMILES string of the molecule is Cc1ccccc1NC(=O)N1[C@@H]2CC[C@H]1CC(c1nc(-c3cccnc3)no1)C2. The molecule has 2 fully saturated rings. The molecule has 7 nitrogen and oxygen atoms in total. The number of pyridine rings is 1. The van der Waals surface area contributed by atoms with E-state index in [0.29, 0.717) is 11.7 Å². The number of amides is 2. The van der Waals surface area contributed by atoms with E-state index in [9.17, 15) is 4.79 Å². The summed E-state index contributed by atoms with van der Waals surface area (Å²) in [4.78, 5) is 23.7. The summed E-state index contributed by atoms with van der Waals surface area (Å²) in [7, 11) is 0. The lowest BCUT2D eigenvalue weighted by Crippen LogP contribution is -2.48. The standard InChI is InChI=1S/C22H23N5O2/c1-14-5-2-3-7-19(14)24-22(28)27-17-8-9-18(27)12-16(11-17)21-25-20(26-29-21)15-6-4-10-23-13-15/h2-7,10,13,16-18H,8-9,11-12H2,1H3,(H,24,28)/t16?,17-,18+. The Morgan fingerprint density at radius 1 is 1.14 bits per heavy atom. The molecule has 2 aliphatic rings. The summed E-state index contributed by atoms with van der Waals surface area (Å²) in [5.74, 6) is 1.42. The van der Waals surface area contributed by atoms with Gasteiger partial charge in [-0.15, -0.1) is 0 Å². The molecule has 2 saturated heterocycles. The van der Waals surface area contributed by atoms with E-state index in [0.717, 1.165) is 42.5 Å². The molecule has 0 spiro atoms. The summed E-state index contributed by atoms with van der Waals surface area (Å²) >= 11 is 0. The zero-order valence-corrected chi connectivity index (χ0v) is 16.3. The van der Waals surface area contributed by atoms with Crippen LogP contribution in [0.2, 0.25) is 0 Å². The van der Waals surface area contributed by atoms with Gasteiger partial charge in [0.05, 0.1) is 0 Å². The van der Waals surface area contributed by atoms with Crippen molar-refractivity contribution in [3.63, 3.8) is 0 Å². The van der Waals surface area contributed by atoms with Crippen molar-refractivity contribution in [3.8, 4) is 11.4 Å². The highest BCUT2D eigenvalue weighted by Gasteiger charge is 2.45. The number of carbonyl (C=O) groups excluding carboxylic acids is 1. The lowest BCUT2D eigenvalue weighted by Gasteiger charge is -2.37. The third kappa shape index (κ3) is 3.37. The number of fused-ring (bicyclic) bond motifs is 2. The number of carbonyl (C=O) groups is 1. The molecule has 3 atom stereocenters. The van der Waals surface area contributed by atoms with E-state index in [1.807, 2.05) is 48.2 Å². The lowest BCUT2D eigenvalue weighted by molar-refractivity contribution is 0.140. The third-order valence-electron chi connectivity index (χ3n) is 6.06. The number of piperidine rings is 1. The minimum Gasteiger partial charge on any atom is -0.339 e. The molecule has 2 aliphatic heterocycles. The molecule has 2 bridgehead atoms. The molecule has 1 aromatic carbocycles. The second kappa shape index (κ2) is 7.31. The van der Waals surface area contributed by atoms with Crippen LogP contribution in [0.1, 0.15) is 43.1 Å². The van der Waals surface area contributed by atoms with Crippen molar-refractivity contribution >= 4 is 11.7 Å². The highest BCUT2D eigenvalue weighted by atomic mass is 16.5. The molecule has 4 heterocycles.